The Morgan fingerprint density at radius 3 is 2.31 bits per heavy atom. The highest BCUT2D eigenvalue weighted by Gasteiger charge is 2.62. The first-order chi connectivity index (χ1) is 24.9. The first kappa shape index (κ1) is 35.9. The van der Waals surface area contributed by atoms with Crippen molar-refractivity contribution >= 4 is 45.0 Å². The Balaban J connectivity index is 1.16. The van der Waals surface area contributed by atoms with Gasteiger partial charge in [0.15, 0.2) is 5.78 Å². The summed E-state index contributed by atoms with van der Waals surface area (Å²) in [7, 11) is 1.92. The molecular weight excluding hydrogens is 716 g/mol. The van der Waals surface area contributed by atoms with Gasteiger partial charge in [0.1, 0.15) is 5.60 Å². The molecular formula is C44H45BrN2O5. The van der Waals surface area contributed by atoms with Crippen molar-refractivity contribution in [3.63, 3.8) is 0 Å². The summed E-state index contributed by atoms with van der Waals surface area (Å²) in [6.45, 7) is 4.50. The molecule has 4 aliphatic carbocycles. The zero-order valence-corrected chi connectivity index (χ0v) is 31.6. The van der Waals surface area contributed by atoms with E-state index >= 15 is 0 Å². The number of nitrogens with zero attached hydrogens (tertiary/aromatic N) is 2. The summed E-state index contributed by atoms with van der Waals surface area (Å²) in [4.78, 5) is 41.5. The number of likely N-dealkylation sites (N-methyl/N-ethyl adjacent to an activating group) is 1. The van der Waals surface area contributed by atoms with Crippen LogP contribution in [0.1, 0.15) is 86.2 Å². The van der Waals surface area contributed by atoms with Crippen LogP contribution >= 0.6 is 15.9 Å². The number of benzene rings is 3. The Morgan fingerprint density at radius 1 is 0.942 bits per heavy atom. The largest absolute Gasteiger partial charge is 0.478 e. The van der Waals surface area contributed by atoms with Crippen LogP contribution in [0.2, 0.25) is 0 Å². The minimum Gasteiger partial charge on any atom is -0.478 e. The Kier molecular flexibility index (Phi) is 9.79. The van der Waals surface area contributed by atoms with Crippen LogP contribution in [0.5, 0.6) is 0 Å². The van der Waals surface area contributed by atoms with Crippen molar-refractivity contribution in [1.29, 1.82) is 0 Å². The number of anilines is 2. The highest BCUT2D eigenvalue weighted by atomic mass is 79.9. The summed E-state index contributed by atoms with van der Waals surface area (Å²) in [5, 5.41) is 21.4. The van der Waals surface area contributed by atoms with Gasteiger partial charge < -0.3 is 20.0 Å². The molecule has 0 spiro atoms. The van der Waals surface area contributed by atoms with Gasteiger partial charge in [-0.1, -0.05) is 58.6 Å². The molecule has 268 valence electrons. The van der Waals surface area contributed by atoms with Crippen LogP contribution in [0, 0.1) is 29.1 Å². The standard InChI is InChI=1S/C44H45BrN2O5/c1-4-22-44(52)23-21-39-37-19-11-31-24-35(48)18-20-36(31)41(37)38(25-43(39,44)2)29-9-14-33(15-10-29)46(3)27-40(49)47(34-16-12-32(45)13-17-34)26-28-5-7-30(8-6-28)42(50)51/h5-10,12-17,24,37-39,52H,11,18-21,23,25-27H2,1-3H3,(H,50,51)/t37-,38+,39-,43-,44-/m0/s1. The number of carboxylic acid groups (broad SMARTS) is 1. The Hall–Kier alpha value is -4.45. The first-order valence-corrected chi connectivity index (χ1v) is 19.0. The average molecular weight is 762 g/mol. The Bertz CT molecular complexity index is 2020. The van der Waals surface area contributed by atoms with Gasteiger partial charge >= 0.3 is 5.97 Å². The van der Waals surface area contributed by atoms with E-state index in [2.05, 4.69) is 59.0 Å². The average Bonchev–Trinajstić information content (AvgIpc) is 3.40. The topological polar surface area (TPSA) is 98.2 Å². The normalized spacial score (nSPS) is 26.3. The van der Waals surface area contributed by atoms with Crippen molar-refractivity contribution in [3.8, 4) is 11.8 Å². The third-order valence-corrected chi connectivity index (χ3v) is 12.8. The van der Waals surface area contributed by atoms with Gasteiger partial charge in [-0.3, -0.25) is 9.59 Å². The fraction of sp³-hybridized carbons (Fsp3) is 0.386. The molecule has 0 radical (unpaired) electrons. The van der Waals surface area contributed by atoms with Gasteiger partial charge in [-0.25, -0.2) is 4.79 Å². The van der Waals surface area contributed by atoms with E-state index in [1.165, 1.54) is 22.3 Å². The number of amides is 1. The van der Waals surface area contributed by atoms with Crippen LogP contribution in [-0.4, -0.2) is 47.1 Å². The molecule has 0 aromatic heterocycles. The number of carboxylic acids is 1. The molecule has 0 saturated heterocycles. The summed E-state index contributed by atoms with van der Waals surface area (Å²) >= 11 is 3.49. The third-order valence-electron chi connectivity index (χ3n) is 12.3. The summed E-state index contributed by atoms with van der Waals surface area (Å²) in [6.07, 6.45) is 7.57. The summed E-state index contributed by atoms with van der Waals surface area (Å²) in [6, 6.07) is 22.7. The maximum atomic E-state index is 14.0. The van der Waals surface area contributed by atoms with Gasteiger partial charge in [0.25, 0.3) is 0 Å². The van der Waals surface area contributed by atoms with Gasteiger partial charge in [-0.2, -0.15) is 0 Å². The van der Waals surface area contributed by atoms with Crippen molar-refractivity contribution in [2.45, 2.75) is 76.9 Å². The smallest absolute Gasteiger partial charge is 0.335 e. The molecule has 3 aromatic rings. The van der Waals surface area contributed by atoms with E-state index in [0.29, 0.717) is 31.2 Å². The number of hydrogen-bond donors (Lipinski definition) is 2. The number of allylic oxidation sites excluding steroid dienone is 4. The molecule has 2 saturated carbocycles. The minimum absolute atomic E-state index is 0.0943. The molecule has 1 amide bonds. The maximum Gasteiger partial charge on any atom is 0.335 e. The number of ketones is 1. The summed E-state index contributed by atoms with van der Waals surface area (Å²) < 4.78 is 0.908. The molecule has 5 atom stereocenters. The number of aliphatic hydroxyl groups is 1. The van der Waals surface area contributed by atoms with Crippen LogP contribution in [0.15, 0.2) is 100 Å². The van der Waals surface area contributed by atoms with E-state index in [-0.39, 0.29) is 35.1 Å². The van der Waals surface area contributed by atoms with Gasteiger partial charge in [-0.05, 0) is 134 Å². The van der Waals surface area contributed by atoms with Crippen LogP contribution in [0.4, 0.5) is 11.4 Å². The Morgan fingerprint density at radius 2 is 1.63 bits per heavy atom. The van der Waals surface area contributed by atoms with E-state index in [1.54, 1.807) is 29.2 Å². The molecule has 7 rings (SSSR count). The van der Waals surface area contributed by atoms with Gasteiger partial charge in [0, 0.05) is 40.6 Å². The van der Waals surface area contributed by atoms with Gasteiger partial charge in [-0.15, -0.1) is 5.92 Å². The lowest BCUT2D eigenvalue weighted by Crippen LogP contribution is -2.51. The minimum atomic E-state index is -1.03. The van der Waals surface area contributed by atoms with Crippen LogP contribution in [-0.2, 0) is 16.1 Å². The zero-order valence-electron chi connectivity index (χ0n) is 30.0. The lowest BCUT2D eigenvalue weighted by Gasteiger charge is -2.53. The van der Waals surface area contributed by atoms with Crippen molar-refractivity contribution in [1.82, 2.24) is 0 Å². The number of fused-ring (bicyclic) bond motifs is 4. The predicted molar refractivity (Wildman–Crippen MR) is 207 cm³/mol. The monoisotopic (exact) mass is 760 g/mol. The molecule has 2 fully saturated rings. The quantitative estimate of drug-likeness (QED) is 0.224. The highest BCUT2D eigenvalue weighted by Crippen LogP contribution is 2.66. The van der Waals surface area contributed by atoms with Gasteiger partial charge in [0.2, 0.25) is 5.91 Å². The van der Waals surface area contributed by atoms with Crippen molar-refractivity contribution in [2.24, 2.45) is 17.3 Å². The first-order valence-electron chi connectivity index (χ1n) is 18.2. The van der Waals surface area contributed by atoms with Crippen molar-refractivity contribution in [2.75, 3.05) is 23.4 Å². The molecule has 2 N–H and O–H groups in total. The molecule has 0 unspecified atom stereocenters. The van der Waals surface area contributed by atoms with Gasteiger partial charge in [0.05, 0.1) is 18.7 Å². The second kappa shape index (κ2) is 14.2. The van der Waals surface area contributed by atoms with E-state index < -0.39 is 11.6 Å². The molecule has 7 nitrogen and oxygen atoms in total. The molecule has 8 heteroatoms. The number of rotatable bonds is 8. The second-order valence-electron chi connectivity index (χ2n) is 15.2. The van der Waals surface area contributed by atoms with E-state index in [9.17, 15) is 24.6 Å². The van der Waals surface area contributed by atoms with Crippen molar-refractivity contribution < 1.29 is 24.6 Å². The maximum absolute atomic E-state index is 14.0. The van der Waals surface area contributed by atoms with Crippen LogP contribution in [0.25, 0.3) is 0 Å². The molecule has 0 aliphatic heterocycles. The zero-order chi connectivity index (χ0) is 36.8. The highest BCUT2D eigenvalue weighted by molar-refractivity contribution is 9.10. The number of hydrogen-bond acceptors (Lipinski definition) is 5. The summed E-state index contributed by atoms with van der Waals surface area (Å²) in [5.74, 6) is 6.22. The fourth-order valence-corrected chi connectivity index (χ4v) is 9.86. The van der Waals surface area contributed by atoms with E-state index in [0.717, 1.165) is 53.5 Å². The summed E-state index contributed by atoms with van der Waals surface area (Å²) in [5.41, 5.74) is 6.54. The van der Waals surface area contributed by atoms with E-state index in [4.69, 9.17) is 0 Å². The Labute approximate surface area is 314 Å². The SMILES string of the molecule is CC#C[C@]1(O)CC[C@H]2[C@@H]3CCC4=CC(=O)CCC4=C3[C@@H](c3ccc(N(C)CC(=O)N(Cc4ccc(C(=O)O)cc4)c4ccc(Br)cc4)cc3)C[C@@]21C. The van der Waals surface area contributed by atoms with E-state index in [1.807, 2.05) is 49.2 Å². The van der Waals surface area contributed by atoms with Crippen molar-refractivity contribution in [3.05, 3.63) is 117 Å². The predicted octanol–water partition coefficient (Wildman–Crippen LogP) is 8.47. The number of halogens is 1. The molecule has 52 heavy (non-hydrogen) atoms. The fourth-order valence-electron chi connectivity index (χ4n) is 9.60. The lowest BCUT2D eigenvalue weighted by atomic mass is 9.51. The number of aromatic carboxylic acids is 1. The lowest BCUT2D eigenvalue weighted by molar-refractivity contribution is -0.117. The molecule has 4 aliphatic rings. The van der Waals surface area contributed by atoms with Crippen LogP contribution < -0.4 is 9.80 Å². The number of carbonyl (C=O) groups excluding carboxylic acids is 2. The molecule has 0 bridgehead atoms. The molecule has 3 aromatic carbocycles. The van der Waals surface area contributed by atoms with Crippen LogP contribution in [0.3, 0.4) is 0 Å². The number of carbonyl (C=O) groups is 3. The second-order valence-corrected chi connectivity index (χ2v) is 16.1. The molecule has 0 heterocycles. The third kappa shape index (κ3) is 6.54.